The fourth-order valence-electron chi connectivity index (χ4n) is 10.0. The third kappa shape index (κ3) is 57.5. The molecular weight excluding hydrogens is 875 g/mol. The molecule has 0 aliphatic rings. The first-order valence-corrected chi connectivity index (χ1v) is 32.1. The molecule has 0 aliphatic carbocycles. The van der Waals surface area contributed by atoms with E-state index in [9.17, 15) is 19.8 Å². The van der Waals surface area contributed by atoms with Crippen molar-refractivity contribution in [2.24, 2.45) is 0 Å². The van der Waals surface area contributed by atoms with Gasteiger partial charge in [0, 0.05) is 12.8 Å². The summed E-state index contributed by atoms with van der Waals surface area (Å²) < 4.78 is 5.48. The predicted molar refractivity (Wildman–Crippen MR) is 310 cm³/mol. The van der Waals surface area contributed by atoms with Crippen molar-refractivity contribution in [2.75, 3.05) is 13.2 Å². The lowest BCUT2D eigenvalue weighted by Crippen LogP contribution is -2.45. The molecule has 420 valence electrons. The second-order valence-corrected chi connectivity index (χ2v) is 22.1. The van der Waals surface area contributed by atoms with E-state index in [4.69, 9.17) is 4.74 Å². The highest BCUT2D eigenvalue weighted by Gasteiger charge is 2.20. The normalized spacial score (nSPS) is 12.7. The molecule has 0 radical (unpaired) electrons. The molecule has 71 heavy (non-hydrogen) atoms. The SMILES string of the molecule is CCCCCC/C=C\CCCCCCCC(=O)OCCCCCCCCCCCCCC/C=C\CCCCCCCCCCCCCCCCCCC(=O)NC(CO)C(O)CCCCCCCCCCC. The zero-order valence-electron chi connectivity index (χ0n) is 48.0. The van der Waals surface area contributed by atoms with E-state index in [1.54, 1.807) is 0 Å². The second kappa shape index (κ2) is 60.9. The van der Waals surface area contributed by atoms with E-state index in [1.165, 1.54) is 276 Å². The molecule has 0 aromatic heterocycles. The van der Waals surface area contributed by atoms with Crippen LogP contribution < -0.4 is 5.32 Å². The number of aliphatic hydroxyl groups excluding tert-OH is 2. The molecule has 0 bridgehead atoms. The summed E-state index contributed by atoms with van der Waals surface area (Å²) in [6, 6.07) is -0.537. The summed E-state index contributed by atoms with van der Waals surface area (Å²) >= 11 is 0. The second-order valence-electron chi connectivity index (χ2n) is 22.1. The Hall–Kier alpha value is -1.66. The third-order valence-electron chi connectivity index (χ3n) is 15.0. The lowest BCUT2D eigenvalue weighted by atomic mass is 10.0. The van der Waals surface area contributed by atoms with Crippen molar-refractivity contribution >= 4 is 11.9 Å². The zero-order valence-corrected chi connectivity index (χ0v) is 48.0. The lowest BCUT2D eigenvalue weighted by Gasteiger charge is -2.22. The number of carbonyl (C=O) groups is 2. The van der Waals surface area contributed by atoms with Crippen LogP contribution in [0.1, 0.15) is 354 Å². The van der Waals surface area contributed by atoms with Gasteiger partial charge in [0.25, 0.3) is 0 Å². The average Bonchev–Trinajstić information content (AvgIpc) is 3.37. The van der Waals surface area contributed by atoms with Gasteiger partial charge in [0.1, 0.15) is 0 Å². The summed E-state index contributed by atoms with van der Waals surface area (Å²) in [6.45, 7) is 4.93. The van der Waals surface area contributed by atoms with Crippen LogP contribution in [0.3, 0.4) is 0 Å². The molecule has 0 rings (SSSR count). The van der Waals surface area contributed by atoms with Gasteiger partial charge in [-0.2, -0.15) is 0 Å². The summed E-state index contributed by atoms with van der Waals surface area (Å²) in [7, 11) is 0. The molecule has 0 spiro atoms. The summed E-state index contributed by atoms with van der Waals surface area (Å²) in [5.41, 5.74) is 0. The Morgan fingerprint density at radius 2 is 0.662 bits per heavy atom. The van der Waals surface area contributed by atoms with Gasteiger partial charge in [0.15, 0.2) is 0 Å². The molecule has 2 unspecified atom stereocenters. The number of carbonyl (C=O) groups excluding carboxylic acids is 2. The molecule has 0 aromatic carbocycles. The van der Waals surface area contributed by atoms with Crippen LogP contribution in [-0.4, -0.2) is 47.4 Å². The summed E-state index contributed by atoms with van der Waals surface area (Å²) in [4.78, 5) is 24.4. The van der Waals surface area contributed by atoms with E-state index in [0.29, 0.717) is 25.9 Å². The Morgan fingerprint density at radius 3 is 1.01 bits per heavy atom. The van der Waals surface area contributed by atoms with Gasteiger partial charge >= 0.3 is 5.97 Å². The number of hydrogen-bond donors (Lipinski definition) is 3. The van der Waals surface area contributed by atoms with Crippen molar-refractivity contribution in [1.29, 1.82) is 0 Å². The number of hydrogen-bond acceptors (Lipinski definition) is 5. The van der Waals surface area contributed by atoms with Crippen LogP contribution in [0.2, 0.25) is 0 Å². The smallest absolute Gasteiger partial charge is 0.305 e. The maximum Gasteiger partial charge on any atom is 0.305 e. The topological polar surface area (TPSA) is 95.9 Å². The van der Waals surface area contributed by atoms with Crippen LogP contribution in [0, 0.1) is 0 Å². The van der Waals surface area contributed by atoms with Crippen molar-refractivity contribution in [2.45, 2.75) is 366 Å². The van der Waals surface area contributed by atoms with Crippen molar-refractivity contribution in [3.63, 3.8) is 0 Å². The fourth-order valence-corrected chi connectivity index (χ4v) is 10.0. The standard InChI is InChI=1S/C65H125NO5/c1-3-5-7-9-11-13-14-35-39-43-47-51-55-59-65(70)71-60-56-52-48-44-40-37-34-32-30-28-26-24-22-20-18-16-15-17-19-21-23-25-27-29-31-33-36-38-42-46-50-54-58-64(69)66-62(61-67)63(68)57-53-49-45-41-12-10-8-6-4-2/h13-14,18,20,62-63,67-68H,3-12,15-17,19,21-61H2,1-2H3,(H,66,69)/b14-13-,20-18-. The number of rotatable bonds is 60. The molecule has 6 heteroatoms. The van der Waals surface area contributed by atoms with Gasteiger partial charge in [0.05, 0.1) is 25.4 Å². The summed E-state index contributed by atoms with van der Waals surface area (Å²) in [5, 5.41) is 23.1. The van der Waals surface area contributed by atoms with E-state index >= 15 is 0 Å². The van der Waals surface area contributed by atoms with Gasteiger partial charge in [-0.3, -0.25) is 9.59 Å². The molecule has 0 fully saturated rings. The van der Waals surface area contributed by atoms with E-state index in [0.717, 1.165) is 44.9 Å². The number of nitrogens with one attached hydrogen (secondary N) is 1. The predicted octanol–water partition coefficient (Wildman–Crippen LogP) is 20.2. The molecule has 0 saturated carbocycles. The van der Waals surface area contributed by atoms with Crippen LogP contribution in [0.4, 0.5) is 0 Å². The van der Waals surface area contributed by atoms with E-state index in [2.05, 4.69) is 43.5 Å². The Bertz CT molecular complexity index is 1110. The Balaban J connectivity index is 3.32. The number of ether oxygens (including phenoxy) is 1. The quantitative estimate of drug-likeness (QED) is 0.0320. The number of esters is 1. The molecule has 3 N–H and O–H groups in total. The first kappa shape index (κ1) is 69.3. The van der Waals surface area contributed by atoms with Crippen molar-refractivity contribution in [3.8, 4) is 0 Å². The largest absolute Gasteiger partial charge is 0.466 e. The molecule has 0 aromatic rings. The number of allylic oxidation sites excluding steroid dienone is 4. The zero-order chi connectivity index (χ0) is 51.4. The molecule has 0 aliphatic heterocycles. The minimum absolute atomic E-state index is 0.00904. The van der Waals surface area contributed by atoms with Crippen LogP contribution in [-0.2, 0) is 14.3 Å². The number of unbranched alkanes of at least 4 members (excludes halogenated alkanes) is 45. The van der Waals surface area contributed by atoms with Gasteiger partial charge in [-0.25, -0.2) is 0 Å². The highest BCUT2D eigenvalue weighted by Crippen LogP contribution is 2.18. The minimum atomic E-state index is -0.659. The monoisotopic (exact) mass is 1000 g/mol. The molecule has 2 atom stereocenters. The number of amides is 1. The molecule has 0 heterocycles. The summed E-state index contributed by atoms with van der Waals surface area (Å²) in [6.07, 6.45) is 75.1. The van der Waals surface area contributed by atoms with Crippen LogP contribution in [0.25, 0.3) is 0 Å². The summed E-state index contributed by atoms with van der Waals surface area (Å²) in [5.74, 6) is -0.0245. The van der Waals surface area contributed by atoms with Gasteiger partial charge < -0.3 is 20.3 Å². The van der Waals surface area contributed by atoms with Crippen LogP contribution >= 0.6 is 0 Å². The number of aliphatic hydroxyl groups is 2. The van der Waals surface area contributed by atoms with Gasteiger partial charge in [-0.1, -0.05) is 289 Å². The molecule has 1 amide bonds. The highest BCUT2D eigenvalue weighted by atomic mass is 16.5. The van der Waals surface area contributed by atoms with E-state index in [1.807, 2.05) is 0 Å². The van der Waals surface area contributed by atoms with Crippen LogP contribution in [0.5, 0.6) is 0 Å². The Labute approximate surface area is 443 Å². The maximum absolute atomic E-state index is 12.4. The Morgan fingerprint density at radius 1 is 0.380 bits per heavy atom. The van der Waals surface area contributed by atoms with Gasteiger partial charge in [-0.15, -0.1) is 0 Å². The van der Waals surface area contributed by atoms with Crippen molar-refractivity contribution in [1.82, 2.24) is 5.32 Å². The molecular formula is C65H125NO5. The Kier molecular flexibility index (Phi) is 59.5. The third-order valence-corrected chi connectivity index (χ3v) is 15.0. The average molecular weight is 1000 g/mol. The first-order valence-electron chi connectivity index (χ1n) is 32.1. The van der Waals surface area contributed by atoms with Crippen LogP contribution in [0.15, 0.2) is 24.3 Å². The van der Waals surface area contributed by atoms with E-state index < -0.39 is 12.1 Å². The molecule has 0 saturated heterocycles. The first-order chi connectivity index (χ1) is 35.0. The fraction of sp³-hybridized carbons (Fsp3) is 0.908. The maximum atomic E-state index is 12.4. The molecule has 6 nitrogen and oxygen atoms in total. The van der Waals surface area contributed by atoms with Gasteiger partial charge in [0.2, 0.25) is 5.91 Å². The van der Waals surface area contributed by atoms with E-state index in [-0.39, 0.29) is 18.5 Å². The minimum Gasteiger partial charge on any atom is -0.466 e. The van der Waals surface area contributed by atoms with Crippen molar-refractivity contribution < 1.29 is 24.5 Å². The van der Waals surface area contributed by atoms with Gasteiger partial charge in [-0.05, 0) is 77.0 Å². The van der Waals surface area contributed by atoms with Crippen molar-refractivity contribution in [3.05, 3.63) is 24.3 Å². The lowest BCUT2D eigenvalue weighted by molar-refractivity contribution is -0.143. The highest BCUT2D eigenvalue weighted by molar-refractivity contribution is 5.76.